The minimum Gasteiger partial charge on any atom is -0.330 e. The van der Waals surface area contributed by atoms with Crippen LogP contribution in [0.1, 0.15) is 25.7 Å². The predicted molar refractivity (Wildman–Crippen MR) is 50.9 cm³/mol. The third kappa shape index (κ3) is 1.27. The number of nitrogens with two attached hydrogens (primary N) is 1. The Bertz CT molecular complexity index is 154. The molecule has 0 aromatic rings. The summed E-state index contributed by atoms with van der Waals surface area (Å²) in [5.41, 5.74) is 5.83. The number of likely N-dealkylation sites (tertiary alicyclic amines) is 1. The van der Waals surface area contributed by atoms with Crippen molar-refractivity contribution in [3.8, 4) is 0 Å². The molecular formula is C10H20N2. The molecule has 2 fully saturated rings. The lowest BCUT2D eigenvalue weighted by molar-refractivity contribution is 0.0271. The zero-order chi connectivity index (χ0) is 8.55. The minimum absolute atomic E-state index is 0.803. The van der Waals surface area contributed by atoms with Gasteiger partial charge in [-0.05, 0) is 38.4 Å². The molecule has 1 saturated heterocycles. The van der Waals surface area contributed by atoms with Gasteiger partial charge in [-0.3, -0.25) is 0 Å². The smallest absolute Gasteiger partial charge is 0.0147 e. The molecule has 2 nitrogen and oxygen atoms in total. The van der Waals surface area contributed by atoms with Gasteiger partial charge < -0.3 is 10.6 Å². The zero-order valence-electron chi connectivity index (χ0n) is 8.00. The molecule has 2 unspecified atom stereocenters. The average Bonchev–Trinajstić information content (AvgIpc) is 1.97. The lowest BCUT2D eigenvalue weighted by Crippen LogP contribution is -2.54. The maximum Gasteiger partial charge on any atom is 0.0147 e. The maximum absolute atomic E-state index is 5.83. The van der Waals surface area contributed by atoms with Crippen LogP contribution in [0.25, 0.3) is 0 Å². The SMILES string of the molecule is CN1CCC1C(CN)C1CCC1. The molecule has 1 aliphatic heterocycles. The summed E-state index contributed by atoms with van der Waals surface area (Å²) < 4.78 is 0. The summed E-state index contributed by atoms with van der Waals surface area (Å²) >= 11 is 0. The molecule has 0 bridgehead atoms. The Morgan fingerprint density at radius 3 is 2.42 bits per heavy atom. The van der Waals surface area contributed by atoms with Crippen LogP contribution < -0.4 is 5.73 Å². The first-order valence-electron chi connectivity index (χ1n) is 5.23. The maximum atomic E-state index is 5.83. The average molecular weight is 168 g/mol. The third-order valence-electron chi connectivity index (χ3n) is 3.87. The molecule has 12 heavy (non-hydrogen) atoms. The minimum atomic E-state index is 0.803. The van der Waals surface area contributed by atoms with Crippen LogP contribution in [0.2, 0.25) is 0 Å². The quantitative estimate of drug-likeness (QED) is 0.683. The second kappa shape index (κ2) is 3.35. The largest absolute Gasteiger partial charge is 0.330 e. The first kappa shape index (κ1) is 8.52. The molecule has 1 saturated carbocycles. The molecule has 0 aromatic carbocycles. The molecule has 2 atom stereocenters. The van der Waals surface area contributed by atoms with Crippen LogP contribution >= 0.6 is 0 Å². The van der Waals surface area contributed by atoms with Crippen molar-refractivity contribution < 1.29 is 0 Å². The van der Waals surface area contributed by atoms with E-state index < -0.39 is 0 Å². The first-order chi connectivity index (χ1) is 5.83. The fourth-order valence-electron chi connectivity index (χ4n) is 2.61. The molecule has 0 amide bonds. The molecule has 2 aliphatic rings. The van der Waals surface area contributed by atoms with E-state index in [-0.39, 0.29) is 0 Å². The molecular weight excluding hydrogens is 148 g/mol. The van der Waals surface area contributed by atoms with Gasteiger partial charge in [0, 0.05) is 6.04 Å². The number of hydrogen-bond donors (Lipinski definition) is 1. The summed E-state index contributed by atoms with van der Waals surface area (Å²) in [5.74, 6) is 1.76. The van der Waals surface area contributed by atoms with E-state index in [1.54, 1.807) is 0 Å². The van der Waals surface area contributed by atoms with Gasteiger partial charge in [-0.2, -0.15) is 0 Å². The highest BCUT2D eigenvalue weighted by atomic mass is 15.2. The Morgan fingerprint density at radius 1 is 1.42 bits per heavy atom. The Kier molecular flexibility index (Phi) is 2.37. The summed E-state index contributed by atoms with van der Waals surface area (Å²) in [7, 11) is 2.23. The molecule has 0 spiro atoms. The van der Waals surface area contributed by atoms with Crippen molar-refractivity contribution >= 4 is 0 Å². The lowest BCUT2D eigenvalue weighted by Gasteiger charge is -2.47. The molecule has 2 rings (SSSR count). The van der Waals surface area contributed by atoms with Gasteiger partial charge in [0.15, 0.2) is 0 Å². The van der Waals surface area contributed by atoms with Crippen molar-refractivity contribution in [1.29, 1.82) is 0 Å². The van der Waals surface area contributed by atoms with Crippen molar-refractivity contribution in [2.24, 2.45) is 17.6 Å². The van der Waals surface area contributed by atoms with E-state index in [0.29, 0.717) is 0 Å². The highest BCUT2D eigenvalue weighted by molar-refractivity contribution is 4.92. The number of nitrogens with zero attached hydrogens (tertiary/aromatic N) is 1. The third-order valence-corrected chi connectivity index (χ3v) is 3.87. The Balaban J connectivity index is 1.88. The van der Waals surface area contributed by atoms with Gasteiger partial charge in [0.2, 0.25) is 0 Å². The van der Waals surface area contributed by atoms with Crippen molar-refractivity contribution in [2.45, 2.75) is 31.7 Å². The summed E-state index contributed by atoms with van der Waals surface area (Å²) in [6, 6.07) is 0.820. The van der Waals surface area contributed by atoms with Crippen LogP contribution in [-0.2, 0) is 0 Å². The molecule has 70 valence electrons. The summed E-state index contributed by atoms with van der Waals surface area (Å²) in [4.78, 5) is 2.47. The Hall–Kier alpha value is -0.0800. The Labute approximate surface area is 75.1 Å². The van der Waals surface area contributed by atoms with Crippen LogP contribution in [-0.4, -0.2) is 31.1 Å². The van der Waals surface area contributed by atoms with Crippen LogP contribution in [0.5, 0.6) is 0 Å². The van der Waals surface area contributed by atoms with Crippen molar-refractivity contribution in [3.63, 3.8) is 0 Å². The van der Waals surface area contributed by atoms with Crippen LogP contribution in [0.3, 0.4) is 0 Å². The van der Waals surface area contributed by atoms with Gasteiger partial charge in [0.1, 0.15) is 0 Å². The van der Waals surface area contributed by atoms with E-state index in [9.17, 15) is 0 Å². The normalized spacial score (nSPS) is 34.0. The summed E-state index contributed by atoms with van der Waals surface area (Å²) in [6.45, 7) is 2.19. The topological polar surface area (TPSA) is 29.3 Å². The van der Waals surface area contributed by atoms with E-state index >= 15 is 0 Å². The van der Waals surface area contributed by atoms with Gasteiger partial charge in [-0.25, -0.2) is 0 Å². The van der Waals surface area contributed by atoms with Gasteiger partial charge in [-0.1, -0.05) is 19.3 Å². The number of rotatable bonds is 3. The fourth-order valence-corrected chi connectivity index (χ4v) is 2.61. The zero-order valence-corrected chi connectivity index (χ0v) is 8.00. The number of hydrogen-bond acceptors (Lipinski definition) is 2. The van der Waals surface area contributed by atoms with E-state index in [4.69, 9.17) is 5.73 Å². The molecule has 2 heteroatoms. The molecule has 0 aromatic heterocycles. The van der Waals surface area contributed by atoms with Gasteiger partial charge in [0.25, 0.3) is 0 Å². The summed E-state index contributed by atoms with van der Waals surface area (Å²) in [5, 5.41) is 0. The van der Waals surface area contributed by atoms with Crippen LogP contribution in [0.15, 0.2) is 0 Å². The molecule has 2 N–H and O–H groups in total. The highest BCUT2D eigenvalue weighted by Crippen LogP contribution is 2.38. The van der Waals surface area contributed by atoms with Gasteiger partial charge in [0.05, 0.1) is 0 Å². The van der Waals surface area contributed by atoms with Crippen LogP contribution in [0, 0.1) is 11.8 Å². The predicted octanol–water partition coefficient (Wildman–Crippen LogP) is 1.07. The molecule has 0 radical (unpaired) electrons. The highest BCUT2D eigenvalue weighted by Gasteiger charge is 2.37. The van der Waals surface area contributed by atoms with Crippen molar-refractivity contribution in [1.82, 2.24) is 4.90 Å². The van der Waals surface area contributed by atoms with E-state index in [1.807, 2.05) is 0 Å². The van der Waals surface area contributed by atoms with E-state index in [1.165, 1.54) is 32.2 Å². The van der Waals surface area contributed by atoms with Crippen LogP contribution in [0.4, 0.5) is 0 Å². The first-order valence-corrected chi connectivity index (χ1v) is 5.23. The molecule has 1 aliphatic carbocycles. The van der Waals surface area contributed by atoms with Gasteiger partial charge >= 0.3 is 0 Å². The molecule has 1 heterocycles. The second-order valence-corrected chi connectivity index (χ2v) is 4.43. The van der Waals surface area contributed by atoms with E-state index in [2.05, 4.69) is 11.9 Å². The van der Waals surface area contributed by atoms with Crippen molar-refractivity contribution in [3.05, 3.63) is 0 Å². The summed E-state index contributed by atoms with van der Waals surface area (Å²) in [6.07, 6.45) is 5.70. The van der Waals surface area contributed by atoms with E-state index in [0.717, 1.165) is 24.4 Å². The fraction of sp³-hybridized carbons (Fsp3) is 1.00. The second-order valence-electron chi connectivity index (χ2n) is 4.43. The lowest BCUT2D eigenvalue weighted by atomic mass is 9.70. The standard InChI is InChI=1S/C10H20N2/c1-12-6-5-10(12)9(7-11)8-3-2-4-8/h8-10H,2-7,11H2,1H3. The van der Waals surface area contributed by atoms with Gasteiger partial charge in [-0.15, -0.1) is 0 Å². The van der Waals surface area contributed by atoms with Crippen molar-refractivity contribution in [2.75, 3.05) is 20.1 Å². The Morgan fingerprint density at radius 2 is 2.17 bits per heavy atom. The monoisotopic (exact) mass is 168 g/mol.